The van der Waals surface area contributed by atoms with Gasteiger partial charge >= 0.3 is 6.03 Å². The maximum atomic E-state index is 12.6. The van der Waals surface area contributed by atoms with E-state index in [0.717, 1.165) is 41.0 Å². The van der Waals surface area contributed by atoms with Crippen molar-refractivity contribution in [3.63, 3.8) is 0 Å². The van der Waals surface area contributed by atoms with Crippen molar-refractivity contribution in [3.05, 3.63) is 63.7 Å². The van der Waals surface area contributed by atoms with E-state index in [2.05, 4.69) is 24.5 Å². The second-order valence-electron chi connectivity index (χ2n) is 7.44. The van der Waals surface area contributed by atoms with Crippen LogP contribution in [0.15, 0.2) is 30.3 Å². The first-order valence-electron chi connectivity index (χ1n) is 9.80. The Morgan fingerprint density at radius 1 is 1.03 bits per heavy atom. The number of urea groups is 1. The van der Waals surface area contributed by atoms with Crippen LogP contribution in [-0.2, 0) is 6.42 Å². The molecule has 0 unspecified atom stereocenters. The van der Waals surface area contributed by atoms with Gasteiger partial charge < -0.3 is 15.5 Å². The number of piperazine rings is 1. The number of anilines is 1. The Labute approximate surface area is 171 Å². The third kappa shape index (κ3) is 4.75. The van der Waals surface area contributed by atoms with Crippen molar-refractivity contribution < 1.29 is 14.8 Å². The molecule has 0 bridgehead atoms. The summed E-state index contributed by atoms with van der Waals surface area (Å²) in [7, 11) is 0. The number of hydrogen-bond donors (Lipinski definition) is 4. The maximum absolute atomic E-state index is 12.6. The summed E-state index contributed by atoms with van der Waals surface area (Å²) in [6, 6.07) is 9.10. The van der Waals surface area contributed by atoms with Gasteiger partial charge in [0.25, 0.3) is 5.91 Å². The van der Waals surface area contributed by atoms with Crippen molar-refractivity contribution in [1.29, 1.82) is 0 Å². The maximum Gasteiger partial charge on any atom is 0.321 e. The lowest BCUT2D eigenvalue weighted by Gasteiger charge is -2.28. The monoisotopic (exact) mass is 396 g/mol. The zero-order valence-electron chi connectivity index (χ0n) is 17.1. The van der Waals surface area contributed by atoms with Gasteiger partial charge in [0, 0.05) is 37.4 Å². The second kappa shape index (κ2) is 9.07. The second-order valence-corrected chi connectivity index (χ2v) is 7.44. The van der Waals surface area contributed by atoms with Gasteiger partial charge in [-0.25, -0.2) is 10.3 Å². The largest absolute Gasteiger partial charge is 0.322 e. The number of carbonyl (C=O) groups excluding carboxylic acids is 2. The lowest BCUT2D eigenvalue weighted by Crippen LogP contribution is -2.48. The number of nitrogens with one attached hydrogen (secondary N) is 3. The Morgan fingerprint density at radius 2 is 1.69 bits per heavy atom. The molecule has 29 heavy (non-hydrogen) atoms. The molecule has 1 aliphatic heterocycles. The van der Waals surface area contributed by atoms with Crippen molar-refractivity contribution in [2.45, 2.75) is 27.2 Å². The van der Waals surface area contributed by atoms with Crippen LogP contribution in [0.25, 0.3) is 0 Å². The summed E-state index contributed by atoms with van der Waals surface area (Å²) in [5.74, 6) is -0.531. The molecule has 3 amide bonds. The third-order valence-electron chi connectivity index (χ3n) is 5.69. The number of hydroxylamine groups is 1. The predicted molar refractivity (Wildman–Crippen MR) is 113 cm³/mol. The number of hydrogen-bond acceptors (Lipinski definition) is 4. The van der Waals surface area contributed by atoms with Gasteiger partial charge in [0.2, 0.25) is 0 Å². The van der Waals surface area contributed by atoms with E-state index in [1.54, 1.807) is 17.6 Å². The zero-order valence-corrected chi connectivity index (χ0v) is 17.1. The Kier molecular flexibility index (Phi) is 6.51. The fourth-order valence-electron chi connectivity index (χ4n) is 3.55. The molecule has 7 heteroatoms. The number of carbonyl (C=O) groups is 2. The van der Waals surface area contributed by atoms with Crippen molar-refractivity contribution in [3.8, 4) is 0 Å². The Hall–Kier alpha value is -2.90. The highest BCUT2D eigenvalue weighted by Crippen LogP contribution is 2.28. The minimum Gasteiger partial charge on any atom is -0.322 e. The highest BCUT2D eigenvalue weighted by atomic mass is 16.5. The van der Waals surface area contributed by atoms with Crippen LogP contribution in [0.3, 0.4) is 0 Å². The van der Waals surface area contributed by atoms with E-state index in [0.29, 0.717) is 25.1 Å². The molecule has 0 spiro atoms. The molecular weight excluding hydrogens is 368 g/mol. The van der Waals surface area contributed by atoms with Gasteiger partial charge in [-0.15, -0.1) is 0 Å². The lowest BCUT2D eigenvalue weighted by molar-refractivity contribution is 0.0706. The fraction of sp³-hybridized carbons (Fsp3) is 0.364. The molecular formula is C22H28N4O3. The molecule has 1 heterocycles. The lowest BCUT2D eigenvalue weighted by atomic mass is 9.92. The van der Waals surface area contributed by atoms with Crippen LogP contribution in [-0.4, -0.2) is 48.2 Å². The van der Waals surface area contributed by atoms with E-state index in [4.69, 9.17) is 5.21 Å². The molecule has 3 rings (SSSR count). The topological polar surface area (TPSA) is 93.7 Å². The van der Waals surface area contributed by atoms with Gasteiger partial charge in [0.1, 0.15) is 0 Å². The molecule has 2 aromatic carbocycles. The van der Waals surface area contributed by atoms with Crippen molar-refractivity contribution in [1.82, 2.24) is 15.7 Å². The minimum absolute atomic E-state index is 0.0665. The number of amides is 3. The van der Waals surface area contributed by atoms with Gasteiger partial charge in [0.05, 0.1) is 0 Å². The van der Waals surface area contributed by atoms with E-state index in [9.17, 15) is 9.59 Å². The highest BCUT2D eigenvalue weighted by Gasteiger charge is 2.18. The third-order valence-corrected chi connectivity index (χ3v) is 5.69. The highest BCUT2D eigenvalue weighted by molar-refractivity contribution is 5.93. The average Bonchev–Trinajstić information content (AvgIpc) is 2.76. The summed E-state index contributed by atoms with van der Waals surface area (Å²) >= 11 is 0. The normalized spacial score (nSPS) is 13.9. The van der Waals surface area contributed by atoms with Crippen LogP contribution < -0.4 is 16.1 Å². The van der Waals surface area contributed by atoms with Crippen LogP contribution in [0.4, 0.5) is 10.5 Å². The first-order chi connectivity index (χ1) is 13.9. The molecule has 0 atom stereocenters. The Balaban J connectivity index is 1.81. The van der Waals surface area contributed by atoms with Gasteiger partial charge in [-0.3, -0.25) is 10.0 Å². The number of rotatable bonds is 4. The van der Waals surface area contributed by atoms with Gasteiger partial charge in [-0.2, -0.15) is 0 Å². The number of benzene rings is 2. The van der Waals surface area contributed by atoms with E-state index < -0.39 is 5.91 Å². The van der Waals surface area contributed by atoms with E-state index in [1.807, 2.05) is 30.0 Å². The van der Waals surface area contributed by atoms with E-state index >= 15 is 0 Å². The molecule has 2 aromatic rings. The van der Waals surface area contributed by atoms with Crippen LogP contribution in [0.2, 0.25) is 0 Å². The summed E-state index contributed by atoms with van der Waals surface area (Å²) in [5, 5.41) is 15.1. The van der Waals surface area contributed by atoms with Crippen molar-refractivity contribution >= 4 is 17.6 Å². The first kappa shape index (κ1) is 20.8. The first-order valence-corrected chi connectivity index (χ1v) is 9.80. The van der Waals surface area contributed by atoms with Gasteiger partial charge in [0.15, 0.2) is 0 Å². The number of nitrogens with zero attached hydrogens (tertiary/aromatic N) is 1. The van der Waals surface area contributed by atoms with Crippen molar-refractivity contribution in [2.24, 2.45) is 0 Å². The standard InChI is InChI=1S/C22H28N4O3/c1-14-15(2)19(12-17-4-6-18(7-5-17)21(27)25-29)13-20(16(14)3)24-22(28)26-10-8-23-9-11-26/h4-7,13,23,29H,8-12H2,1-3H3,(H,24,28)(H,25,27). The average molecular weight is 396 g/mol. The van der Waals surface area contributed by atoms with Crippen LogP contribution in [0.5, 0.6) is 0 Å². The minimum atomic E-state index is -0.531. The predicted octanol–water partition coefficient (Wildman–Crippen LogP) is 2.76. The Morgan fingerprint density at radius 3 is 2.31 bits per heavy atom. The summed E-state index contributed by atoms with van der Waals surface area (Å²) < 4.78 is 0. The van der Waals surface area contributed by atoms with E-state index in [1.165, 1.54) is 5.56 Å². The summed E-state index contributed by atoms with van der Waals surface area (Å²) in [5.41, 5.74) is 8.48. The molecule has 0 aromatic heterocycles. The summed E-state index contributed by atoms with van der Waals surface area (Å²) in [6.07, 6.45) is 0.685. The van der Waals surface area contributed by atoms with Gasteiger partial charge in [-0.05, 0) is 73.2 Å². The Bertz CT molecular complexity index is 903. The molecule has 0 saturated carbocycles. The van der Waals surface area contributed by atoms with Crippen LogP contribution >= 0.6 is 0 Å². The molecule has 154 valence electrons. The molecule has 1 fully saturated rings. The van der Waals surface area contributed by atoms with Crippen LogP contribution in [0.1, 0.15) is 38.2 Å². The van der Waals surface area contributed by atoms with E-state index in [-0.39, 0.29) is 6.03 Å². The summed E-state index contributed by atoms with van der Waals surface area (Å²) in [4.78, 5) is 26.0. The quantitative estimate of drug-likeness (QED) is 0.472. The smallest absolute Gasteiger partial charge is 0.321 e. The van der Waals surface area contributed by atoms with Crippen LogP contribution in [0, 0.1) is 20.8 Å². The molecule has 4 N–H and O–H groups in total. The molecule has 0 aliphatic carbocycles. The summed E-state index contributed by atoms with van der Waals surface area (Å²) in [6.45, 7) is 9.23. The zero-order chi connectivity index (χ0) is 21.0. The van der Waals surface area contributed by atoms with Gasteiger partial charge in [-0.1, -0.05) is 12.1 Å². The molecule has 0 radical (unpaired) electrons. The van der Waals surface area contributed by atoms with Crippen molar-refractivity contribution in [2.75, 3.05) is 31.5 Å². The molecule has 1 saturated heterocycles. The SMILES string of the molecule is Cc1c(Cc2ccc(C(=O)NO)cc2)cc(NC(=O)N2CCNCC2)c(C)c1C. The fourth-order valence-corrected chi connectivity index (χ4v) is 3.55. The molecule has 7 nitrogen and oxygen atoms in total. The molecule has 1 aliphatic rings.